The first-order chi connectivity index (χ1) is 9.94. The van der Waals surface area contributed by atoms with Crippen LogP contribution in [0, 0.1) is 17.8 Å². The van der Waals surface area contributed by atoms with E-state index in [1.54, 1.807) is 0 Å². The van der Waals surface area contributed by atoms with E-state index in [4.69, 9.17) is 0 Å². The Bertz CT molecular complexity index is 354. The Hall–Kier alpha value is -1.04. The molecule has 0 fully saturated rings. The summed E-state index contributed by atoms with van der Waals surface area (Å²) in [4.78, 5) is 0. The number of hydrogen-bond acceptors (Lipinski definition) is 0. The monoisotopic (exact) mass is 288 g/mol. The summed E-state index contributed by atoms with van der Waals surface area (Å²) in [6.45, 7) is 19.4. The molecule has 0 saturated carbocycles. The van der Waals surface area contributed by atoms with Gasteiger partial charge < -0.3 is 0 Å². The summed E-state index contributed by atoms with van der Waals surface area (Å²) >= 11 is 0. The molecule has 0 saturated heterocycles. The van der Waals surface area contributed by atoms with Crippen LogP contribution in [-0.2, 0) is 0 Å². The zero-order chi connectivity index (χ0) is 16.3. The number of allylic oxidation sites excluding steroid dienone is 6. The molecule has 0 heteroatoms. The second-order valence-corrected chi connectivity index (χ2v) is 6.63. The van der Waals surface area contributed by atoms with Gasteiger partial charge in [-0.25, -0.2) is 0 Å². The highest BCUT2D eigenvalue weighted by molar-refractivity contribution is 5.16. The van der Waals surface area contributed by atoms with Crippen LogP contribution in [0.4, 0.5) is 0 Å². The van der Waals surface area contributed by atoms with E-state index in [2.05, 4.69) is 66.0 Å². The van der Waals surface area contributed by atoms with Crippen LogP contribution in [0.3, 0.4) is 0 Å². The fourth-order valence-corrected chi connectivity index (χ4v) is 2.47. The molecule has 0 aliphatic heterocycles. The predicted octanol–water partition coefficient (Wildman–Crippen LogP) is 7.11. The van der Waals surface area contributed by atoms with Gasteiger partial charge in [0.05, 0.1) is 0 Å². The Labute approximate surface area is 133 Å². The summed E-state index contributed by atoms with van der Waals surface area (Å²) in [6.07, 6.45) is 14.7. The zero-order valence-corrected chi connectivity index (χ0v) is 15.0. The molecule has 0 bridgehead atoms. The van der Waals surface area contributed by atoms with Crippen LogP contribution in [0.5, 0.6) is 0 Å². The summed E-state index contributed by atoms with van der Waals surface area (Å²) < 4.78 is 0. The van der Waals surface area contributed by atoms with Gasteiger partial charge in [0.1, 0.15) is 0 Å². The van der Waals surface area contributed by atoms with Crippen molar-refractivity contribution < 1.29 is 0 Å². The molecular formula is C21H36. The maximum absolute atomic E-state index is 4.18. The first-order valence-electron chi connectivity index (χ1n) is 8.55. The summed E-state index contributed by atoms with van der Waals surface area (Å²) in [5.74, 6) is 2.03. The minimum absolute atomic E-state index is 0.624. The Kier molecular flexibility index (Phi) is 11.0. The maximum atomic E-state index is 4.18. The van der Waals surface area contributed by atoms with Gasteiger partial charge in [0.15, 0.2) is 0 Å². The molecule has 0 N–H and O–H groups in total. The molecule has 0 amide bonds. The Morgan fingerprint density at radius 1 is 1.19 bits per heavy atom. The minimum atomic E-state index is 0.624. The average molecular weight is 289 g/mol. The molecule has 0 radical (unpaired) electrons. The van der Waals surface area contributed by atoms with Gasteiger partial charge in [-0.15, -0.1) is 0 Å². The van der Waals surface area contributed by atoms with Crippen LogP contribution in [0.25, 0.3) is 0 Å². The summed E-state index contributed by atoms with van der Waals surface area (Å²) in [5, 5.41) is 0. The molecule has 0 aromatic carbocycles. The van der Waals surface area contributed by atoms with Crippen molar-refractivity contribution in [2.75, 3.05) is 0 Å². The van der Waals surface area contributed by atoms with Gasteiger partial charge in [0, 0.05) is 0 Å². The molecule has 0 aromatic rings. The standard InChI is InChI=1S/C21H36/c1-8-11-21(16-18(6)9-2)19(7)13-15-20(10-3)14-12-17(4)5/h8,10-11,14,17,19,21H,3,6,9,12-13,15-16H2,1-2,4-5,7H3. The number of hydrogen-bond donors (Lipinski definition) is 0. The van der Waals surface area contributed by atoms with E-state index in [0.717, 1.165) is 31.6 Å². The number of rotatable bonds is 11. The molecule has 2 unspecified atom stereocenters. The molecule has 0 heterocycles. The van der Waals surface area contributed by atoms with Gasteiger partial charge in [-0.3, -0.25) is 0 Å². The predicted molar refractivity (Wildman–Crippen MR) is 98.5 cm³/mol. The van der Waals surface area contributed by atoms with E-state index in [1.165, 1.54) is 17.6 Å². The molecular weight excluding hydrogens is 252 g/mol. The van der Waals surface area contributed by atoms with E-state index in [9.17, 15) is 0 Å². The maximum Gasteiger partial charge on any atom is -0.0171 e. The third-order valence-corrected chi connectivity index (χ3v) is 4.20. The van der Waals surface area contributed by atoms with Crippen molar-refractivity contribution in [1.82, 2.24) is 0 Å². The Balaban J connectivity index is 4.53. The lowest BCUT2D eigenvalue weighted by Crippen LogP contribution is -2.10. The average Bonchev–Trinajstić information content (AvgIpc) is 2.46. The summed E-state index contributed by atoms with van der Waals surface area (Å²) in [6, 6.07) is 0. The molecule has 0 aliphatic rings. The molecule has 0 aromatic heterocycles. The van der Waals surface area contributed by atoms with Crippen LogP contribution in [-0.4, -0.2) is 0 Å². The molecule has 120 valence electrons. The molecule has 0 nitrogen and oxygen atoms in total. The first kappa shape index (κ1) is 20.0. The second-order valence-electron chi connectivity index (χ2n) is 6.63. The van der Waals surface area contributed by atoms with E-state index >= 15 is 0 Å². The van der Waals surface area contributed by atoms with E-state index in [1.807, 2.05) is 6.08 Å². The zero-order valence-electron chi connectivity index (χ0n) is 15.0. The molecule has 21 heavy (non-hydrogen) atoms. The summed E-state index contributed by atoms with van der Waals surface area (Å²) in [7, 11) is 0. The first-order valence-corrected chi connectivity index (χ1v) is 8.55. The molecule has 0 aliphatic carbocycles. The lowest BCUT2D eigenvalue weighted by molar-refractivity contribution is 0.396. The Morgan fingerprint density at radius 3 is 2.33 bits per heavy atom. The SMILES string of the molecule is C=CC(=CCC(C)C)CCC(C)C(C=CC)CC(=C)CC. The van der Waals surface area contributed by atoms with Crippen molar-refractivity contribution in [3.8, 4) is 0 Å². The van der Waals surface area contributed by atoms with Crippen LogP contribution >= 0.6 is 0 Å². The van der Waals surface area contributed by atoms with Crippen molar-refractivity contribution in [1.29, 1.82) is 0 Å². The lowest BCUT2D eigenvalue weighted by Gasteiger charge is -2.22. The van der Waals surface area contributed by atoms with E-state index in [-0.39, 0.29) is 0 Å². The van der Waals surface area contributed by atoms with E-state index in [0.29, 0.717) is 11.8 Å². The van der Waals surface area contributed by atoms with Gasteiger partial charge in [-0.1, -0.05) is 76.3 Å². The Morgan fingerprint density at radius 2 is 1.86 bits per heavy atom. The van der Waals surface area contributed by atoms with Gasteiger partial charge in [-0.2, -0.15) is 0 Å². The molecule has 0 spiro atoms. The minimum Gasteiger partial charge on any atom is -0.0999 e. The molecule has 0 rings (SSSR count). The highest BCUT2D eigenvalue weighted by Gasteiger charge is 2.15. The third kappa shape index (κ3) is 9.50. The lowest BCUT2D eigenvalue weighted by atomic mass is 9.83. The quantitative estimate of drug-likeness (QED) is 0.281. The fraction of sp³-hybridized carbons (Fsp3) is 0.619. The molecule has 2 atom stereocenters. The normalized spacial score (nSPS) is 15.4. The third-order valence-electron chi connectivity index (χ3n) is 4.20. The highest BCUT2D eigenvalue weighted by Crippen LogP contribution is 2.27. The highest BCUT2D eigenvalue weighted by atomic mass is 14.2. The van der Waals surface area contributed by atoms with Crippen LogP contribution in [0.15, 0.2) is 48.6 Å². The van der Waals surface area contributed by atoms with Gasteiger partial charge in [-0.05, 0) is 56.8 Å². The second kappa shape index (κ2) is 11.6. The van der Waals surface area contributed by atoms with Crippen LogP contribution < -0.4 is 0 Å². The van der Waals surface area contributed by atoms with Gasteiger partial charge in [0.2, 0.25) is 0 Å². The smallest absolute Gasteiger partial charge is 0.0171 e. The van der Waals surface area contributed by atoms with Crippen molar-refractivity contribution in [2.45, 2.75) is 66.7 Å². The van der Waals surface area contributed by atoms with E-state index < -0.39 is 0 Å². The fourth-order valence-electron chi connectivity index (χ4n) is 2.47. The summed E-state index contributed by atoms with van der Waals surface area (Å²) in [5.41, 5.74) is 2.77. The van der Waals surface area contributed by atoms with Crippen LogP contribution in [0.1, 0.15) is 66.7 Å². The van der Waals surface area contributed by atoms with Gasteiger partial charge >= 0.3 is 0 Å². The van der Waals surface area contributed by atoms with Crippen molar-refractivity contribution >= 4 is 0 Å². The largest absolute Gasteiger partial charge is 0.0999 e. The van der Waals surface area contributed by atoms with Crippen molar-refractivity contribution in [3.05, 3.63) is 48.6 Å². The van der Waals surface area contributed by atoms with Crippen LogP contribution in [0.2, 0.25) is 0 Å². The van der Waals surface area contributed by atoms with Crippen molar-refractivity contribution in [3.63, 3.8) is 0 Å². The van der Waals surface area contributed by atoms with Gasteiger partial charge in [0.25, 0.3) is 0 Å². The van der Waals surface area contributed by atoms with Crippen molar-refractivity contribution in [2.24, 2.45) is 17.8 Å². The topological polar surface area (TPSA) is 0 Å².